The minimum absolute atomic E-state index is 0.0875. The van der Waals surface area contributed by atoms with Crippen molar-refractivity contribution < 1.29 is 9.84 Å². The summed E-state index contributed by atoms with van der Waals surface area (Å²) in [6, 6.07) is 0. The molecule has 6 nitrogen and oxygen atoms in total. The van der Waals surface area contributed by atoms with Gasteiger partial charge in [0.2, 0.25) is 0 Å². The molecule has 0 bridgehead atoms. The van der Waals surface area contributed by atoms with Crippen molar-refractivity contribution in [3.8, 4) is 0 Å². The number of aliphatic hydroxyl groups excluding tert-OH is 1. The molecule has 2 aromatic heterocycles. The molecule has 0 aliphatic carbocycles. The van der Waals surface area contributed by atoms with E-state index in [0.717, 1.165) is 28.2 Å². The Balaban J connectivity index is 2.14. The first-order valence-corrected chi connectivity index (χ1v) is 10.2. The van der Waals surface area contributed by atoms with Gasteiger partial charge in [0.05, 0.1) is 31.2 Å². The second-order valence-electron chi connectivity index (χ2n) is 7.37. The van der Waals surface area contributed by atoms with E-state index < -0.39 is 6.10 Å². The number of H-pyrrole nitrogens is 1. The maximum absolute atomic E-state index is 12.5. The Bertz CT molecular complexity index is 813. The van der Waals surface area contributed by atoms with Gasteiger partial charge in [0, 0.05) is 11.4 Å². The minimum Gasteiger partial charge on any atom is -0.389 e. The summed E-state index contributed by atoms with van der Waals surface area (Å²) in [6.45, 7) is 14.4. The molecule has 0 saturated heterocycles. The standard InChI is InChI=1S/C20H31N3O3S/c1-6-9-26-12-16(24)10-23(8-7-13(2)3)11-17-21-19(25)18-14(4)15(5)27-20(18)22-17/h6,13,16,24H,1,7-12H2,2-5H3,(H,21,22,25)/t16-/m1/s1. The molecule has 2 aromatic rings. The van der Waals surface area contributed by atoms with Crippen LogP contribution in [0.2, 0.25) is 0 Å². The number of thiophene rings is 1. The summed E-state index contributed by atoms with van der Waals surface area (Å²) in [5.41, 5.74) is 0.914. The van der Waals surface area contributed by atoms with E-state index in [2.05, 4.69) is 35.3 Å². The monoisotopic (exact) mass is 393 g/mol. The molecule has 0 fully saturated rings. The number of aliphatic hydroxyl groups is 1. The van der Waals surface area contributed by atoms with Gasteiger partial charge in [-0.2, -0.15) is 0 Å². The number of nitrogens with zero attached hydrogens (tertiary/aromatic N) is 2. The van der Waals surface area contributed by atoms with E-state index in [1.807, 2.05) is 13.8 Å². The molecular weight excluding hydrogens is 362 g/mol. The van der Waals surface area contributed by atoms with Crippen LogP contribution in [-0.2, 0) is 11.3 Å². The lowest BCUT2D eigenvalue weighted by Gasteiger charge is -2.25. The van der Waals surface area contributed by atoms with Gasteiger partial charge in [-0.05, 0) is 38.3 Å². The Morgan fingerprint density at radius 2 is 2.15 bits per heavy atom. The number of fused-ring (bicyclic) bond motifs is 1. The highest BCUT2D eigenvalue weighted by molar-refractivity contribution is 7.18. The molecule has 0 unspecified atom stereocenters. The molecule has 2 heterocycles. The van der Waals surface area contributed by atoms with Crippen molar-refractivity contribution in [1.82, 2.24) is 14.9 Å². The van der Waals surface area contributed by atoms with Gasteiger partial charge in [0.15, 0.2) is 0 Å². The number of rotatable bonds is 11. The van der Waals surface area contributed by atoms with Crippen LogP contribution in [0.4, 0.5) is 0 Å². The van der Waals surface area contributed by atoms with Gasteiger partial charge in [-0.3, -0.25) is 9.69 Å². The summed E-state index contributed by atoms with van der Waals surface area (Å²) in [5, 5.41) is 11.0. The summed E-state index contributed by atoms with van der Waals surface area (Å²) in [5.74, 6) is 1.19. The average molecular weight is 394 g/mol. The minimum atomic E-state index is -0.598. The van der Waals surface area contributed by atoms with E-state index in [1.165, 1.54) is 0 Å². The summed E-state index contributed by atoms with van der Waals surface area (Å²) >= 11 is 1.55. The van der Waals surface area contributed by atoms with Gasteiger partial charge >= 0.3 is 0 Å². The molecule has 7 heteroatoms. The van der Waals surface area contributed by atoms with Gasteiger partial charge in [-0.1, -0.05) is 19.9 Å². The van der Waals surface area contributed by atoms with Crippen LogP contribution < -0.4 is 5.56 Å². The zero-order chi connectivity index (χ0) is 20.0. The smallest absolute Gasteiger partial charge is 0.259 e. The Hall–Kier alpha value is -1.54. The van der Waals surface area contributed by atoms with E-state index in [9.17, 15) is 9.90 Å². The molecule has 0 amide bonds. The van der Waals surface area contributed by atoms with Crippen molar-refractivity contribution in [2.24, 2.45) is 5.92 Å². The second-order valence-corrected chi connectivity index (χ2v) is 8.58. The van der Waals surface area contributed by atoms with Crippen LogP contribution in [0.15, 0.2) is 17.4 Å². The summed E-state index contributed by atoms with van der Waals surface area (Å²) < 4.78 is 5.35. The van der Waals surface area contributed by atoms with Crippen LogP contribution in [0.1, 0.15) is 36.5 Å². The maximum atomic E-state index is 12.5. The van der Waals surface area contributed by atoms with E-state index in [1.54, 1.807) is 17.4 Å². The number of aryl methyl sites for hydroxylation is 2. The normalized spacial score (nSPS) is 13.0. The first kappa shape index (κ1) is 21.8. The third-order valence-electron chi connectivity index (χ3n) is 4.50. The maximum Gasteiger partial charge on any atom is 0.259 e. The summed E-state index contributed by atoms with van der Waals surface area (Å²) in [6.07, 6.45) is 2.07. The molecule has 2 N–H and O–H groups in total. The lowest BCUT2D eigenvalue weighted by molar-refractivity contribution is 0.0232. The highest BCUT2D eigenvalue weighted by atomic mass is 32.1. The third-order valence-corrected chi connectivity index (χ3v) is 5.60. The Labute approximate surface area is 164 Å². The highest BCUT2D eigenvalue weighted by Gasteiger charge is 2.17. The van der Waals surface area contributed by atoms with Crippen LogP contribution in [0.3, 0.4) is 0 Å². The topological polar surface area (TPSA) is 78.5 Å². The van der Waals surface area contributed by atoms with Crippen LogP contribution in [-0.4, -0.2) is 52.4 Å². The Morgan fingerprint density at radius 3 is 2.81 bits per heavy atom. The first-order chi connectivity index (χ1) is 12.8. The number of hydrogen-bond donors (Lipinski definition) is 2. The second kappa shape index (κ2) is 10.1. The Morgan fingerprint density at radius 1 is 1.41 bits per heavy atom. The SMILES string of the molecule is C=CCOC[C@H](O)CN(CCC(C)C)Cc1nc2sc(C)c(C)c2c(=O)[nH]1. The van der Waals surface area contributed by atoms with E-state index in [0.29, 0.717) is 36.8 Å². The third kappa shape index (κ3) is 6.24. The fraction of sp³-hybridized carbons (Fsp3) is 0.600. The number of ether oxygens (including phenoxy) is 1. The lowest BCUT2D eigenvalue weighted by Crippen LogP contribution is -2.36. The molecule has 27 heavy (non-hydrogen) atoms. The molecule has 0 aliphatic rings. The van der Waals surface area contributed by atoms with Crippen molar-refractivity contribution in [3.05, 3.63) is 39.3 Å². The highest BCUT2D eigenvalue weighted by Crippen LogP contribution is 2.25. The zero-order valence-electron chi connectivity index (χ0n) is 16.7. The van der Waals surface area contributed by atoms with Crippen LogP contribution in [0.5, 0.6) is 0 Å². The van der Waals surface area contributed by atoms with E-state index in [4.69, 9.17) is 4.74 Å². The molecule has 0 spiro atoms. The lowest BCUT2D eigenvalue weighted by atomic mass is 10.1. The van der Waals surface area contributed by atoms with Crippen LogP contribution in [0, 0.1) is 19.8 Å². The molecule has 0 saturated carbocycles. The predicted molar refractivity (Wildman–Crippen MR) is 111 cm³/mol. The number of aromatic nitrogens is 2. The molecular formula is C20H31N3O3S. The predicted octanol–water partition coefficient (Wildman–Crippen LogP) is 3.01. The van der Waals surface area contributed by atoms with Crippen LogP contribution in [0.25, 0.3) is 10.2 Å². The quantitative estimate of drug-likeness (QED) is 0.453. The van der Waals surface area contributed by atoms with E-state index in [-0.39, 0.29) is 12.2 Å². The Kier molecular flexibility index (Phi) is 8.16. The summed E-state index contributed by atoms with van der Waals surface area (Å²) in [7, 11) is 0. The average Bonchev–Trinajstić information content (AvgIpc) is 2.87. The van der Waals surface area contributed by atoms with Crippen molar-refractivity contribution in [1.29, 1.82) is 0 Å². The number of aromatic amines is 1. The number of hydrogen-bond acceptors (Lipinski definition) is 6. The van der Waals surface area contributed by atoms with Gasteiger partial charge in [0.1, 0.15) is 10.7 Å². The number of nitrogens with one attached hydrogen (secondary N) is 1. The first-order valence-electron chi connectivity index (χ1n) is 9.39. The van der Waals surface area contributed by atoms with Gasteiger partial charge in [0.25, 0.3) is 5.56 Å². The van der Waals surface area contributed by atoms with Gasteiger partial charge < -0.3 is 14.8 Å². The summed E-state index contributed by atoms with van der Waals surface area (Å²) in [4.78, 5) is 24.1. The van der Waals surface area contributed by atoms with Crippen LogP contribution >= 0.6 is 11.3 Å². The molecule has 0 radical (unpaired) electrons. The largest absolute Gasteiger partial charge is 0.389 e. The molecule has 150 valence electrons. The fourth-order valence-electron chi connectivity index (χ4n) is 2.90. The zero-order valence-corrected chi connectivity index (χ0v) is 17.6. The molecule has 1 atom stereocenters. The van der Waals surface area contributed by atoms with E-state index >= 15 is 0 Å². The molecule has 0 aliphatic heterocycles. The van der Waals surface area contributed by atoms with Crippen molar-refractivity contribution in [3.63, 3.8) is 0 Å². The van der Waals surface area contributed by atoms with Crippen molar-refractivity contribution in [2.75, 3.05) is 26.3 Å². The molecule has 0 aromatic carbocycles. The fourth-order valence-corrected chi connectivity index (χ4v) is 3.95. The molecule has 2 rings (SSSR count). The van der Waals surface area contributed by atoms with Crippen molar-refractivity contribution >= 4 is 21.6 Å². The van der Waals surface area contributed by atoms with Gasteiger partial charge in [-0.15, -0.1) is 17.9 Å². The van der Waals surface area contributed by atoms with Crippen molar-refractivity contribution in [2.45, 2.75) is 46.8 Å². The van der Waals surface area contributed by atoms with Gasteiger partial charge in [-0.25, -0.2) is 4.98 Å².